The summed E-state index contributed by atoms with van der Waals surface area (Å²) in [6, 6.07) is 51.8. The molecule has 0 radical (unpaired) electrons. The first-order valence-corrected chi connectivity index (χ1v) is 42.4. The molecule has 0 saturated carbocycles. The van der Waals surface area contributed by atoms with Gasteiger partial charge < -0.3 is 64.6 Å². The number of para-hydroxylation sites is 2. The Morgan fingerprint density at radius 1 is 0.463 bits per heavy atom. The first kappa shape index (κ1) is 91.2. The van der Waals surface area contributed by atoms with E-state index < -0.39 is 17.6 Å². The quantitative estimate of drug-likeness (QED) is 0.0255. The van der Waals surface area contributed by atoms with Crippen molar-refractivity contribution in [2.24, 2.45) is 11.7 Å². The predicted octanol–water partition coefficient (Wildman–Crippen LogP) is 14.3. The molecule has 2 atom stereocenters. The van der Waals surface area contributed by atoms with Crippen molar-refractivity contribution in [3.05, 3.63) is 273 Å². The van der Waals surface area contributed by atoms with Crippen LogP contribution in [0.25, 0.3) is 33.7 Å². The number of Topliss-reactive ketones (excluding diaryl/α,β-unsaturated/α-hetero) is 2. The normalized spacial score (nSPS) is 15.6. The number of nitrogens with two attached hydrogens (primary N) is 1. The van der Waals surface area contributed by atoms with Crippen LogP contribution in [0.3, 0.4) is 0 Å². The predicted molar refractivity (Wildman–Crippen MR) is 472 cm³/mol. The van der Waals surface area contributed by atoms with Crippen molar-refractivity contribution < 1.29 is 52.3 Å². The fourth-order valence-corrected chi connectivity index (χ4v) is 14.9. The second-order valence-electron chi connectivity index (χ2n) is 29.4. The number of ether oxygens (including phenoxy) is 8. The molecule has 0 amide bonds. The fourth-order valence-electron chi connectivity index (χ4n) is 14.2. The zero-order valence-electron chi connectivity index (χ0n) is 69.8. The highest BCUT2D eigenvalue weighted by molar-refractivity contribution is 6.32. The van der Waals surface area contributed by atoms with Crippen molar-refractivity contribution in [1.29, 1.82) is 0 Å². The Morgan fingerprint density at radius 3 is 1.32 bits per heavy atom. The summed E-state index contributed by atoms with van der Waals surface area (Å²) in [6.45, 7) is 20.1. The average molecular weight is 1740 g/mol. The summed E-state index contributed by atoms with van der Waals surface area (Å²) < 4.78 is 45.8. The third kappa shape index (κ3) is 24.9. The summed E-state index contributed by atoms with van der Waals surface area (Å²) >= 11 is 17.4. The van der Waals surface area contributed by atoms with Gasteiger partial charge in [0, 0.05) is 127 Å². The van der Waals surface area contributed by atoms with Gasteiger partial charge in [-0.25, -0.2) is 34.7 Å². The van der Waals surface area contributed by atoms with Crippen molar-refractivity contribution in [3.63, 3.8) is 0 Å². The van der Waals surface area contributed by atoms with E-state index in [-0.39, 0.29) is 34.6 Å². The summed E-state index contributed by atoms with van der Waals surface area (Å²) in [7, 11) is 1.27. The lowest BCUT2D eigenvalue weighted by molar-refractivity contribution is -0.155. The first-order valence-electron chi connectivity index (χ1n) is 41.3. The highest BCUT2D eigenvalue weighted by Gasteiger charge is 2.31. The smallest absolute Gasteiger partial charge is 0.325 e. The van der Waals surface area contributed by atoms with Gasteiger partial charge in [0.05, 0.1) is 139 Å². The number of esters is 1. The second kappa shape index (κ2) is 45.9. The van der Waals surface area contributed by atoms with Gasteiger partial charge in [0.2, 0.25) is 22.5 Å². The van der Waals surface area contributed by atoms with Gasteiger partial charge in [0.1, 0.15) is 34.3 Å². The van der Waals surface area contributed by atoms with Crippen LogP contribution in [0.4, 0.5) is 17.5 Å². The van der Waals surface area contributed by atoms with Crippen LogP contribution in [0.5, 0.6) is 0 Å². The number of aromatic amines is 2. The number of fused-ring (bicyclic) bond motifs is 7. The number of H-pyrrole nitrogens is 2. The monoisotopic (exact) mass is 1730 g/mol. The highest BCUT2D eigenvalue weighted by atomic mass is 35.5. The molecule has 0 bridgehead atoms. The standard InChI is InChI=1S/C25H26N4O.C24H25N5O.C14H14ClN3O.C7H6Cl2N2O.C7H8N2O3.C7H10O4.C5H8O2.C2H6/c1-17(2)23-14-19-10-6-7-11-22(19)29(23)25-27-21-12-13-30-16-20(21)24(28-25)26-15-18-8-4-3-5-9-18;1-16(25)22-13-18-9-5-6-10-21(18)29(22)24-27-20-11-12-30-15-19(20)23(28-24)26-14-17-7-3-2-4-8-17;15-14-17-12-6-7-19-9-11(12)13(18-14)16-8-10-4-2-1-3-5-10;8-6-4-3-12-2-1-5(4)10-7(9)11-6;10-6-4-3-12-2-1-5(4)8-7(11)9-6;1-10-7(9)5-4-11-3-2-6(5)8;6-5-1-3-7-4-2-5;1-2/h3-11,14,17H,12-13,15-16H2,1-2H3,(H,26,27,28);2-10,13,16H,11-12,14-15,25H2,1H3,(H,26,27,28);1-5H,6-9H2,(H,16,17,18);1-3H2;1-3H2,(H2,8,9,10,11);5H,2-4H2,1H3;1-4H2;1-2H3. The lowest BCUT2D eigenvalue weighted by Crippen LogP contribution is -2.34. The molecular formula is C91H103Cl3N16O13. The van der Waals surface area contributed by atoms with Gasteiger partial charge in [-0.15, -0.1) is 0 Å². The third-order valence-corrected chi connectivity index (χ3v) is 21.2. The van der Waals surface area contributed by atoms with Crippen LogP contribution in [0, 0.1) is 5.92 Å². The van der Waals surface area contributed by atoms with E-state index in [2.05, 4.69) is 171 Å². The molecule has 646 valence electrons. The molecule has 2 saturated heterocycles. The number of hydrogen-bond donors (Lipinski definition) is 6. The van der Waals surface area contributed by atoms with E-state index >= 15 is 0 Å². The van der Waals surface area contributed by atoms with E-state index in [0.29, 0.717) is 165 Å². The molecule has 14 heterocycles. The third-order valence-electron chi connectivity index (χ3n) is 20.6. The van der Waals surface area contributed by atoms with E-state index in [4.69, 9.17) is 93.6 Å². The molecule has 2 fully saturated rings. The molecule has 0 spiro atoms. The minimum absolute atomic E-state index is 0.0805. The van der Waals surface area contributed by atoms with E-state index in [1.54, 1.807) is 0 Å². The van der Waals surface area contributed by atoms with E-state index in [9.17, 15) is 24.0 Å². The Bertz CT molecular complexity index is 5460. The van der Waals surface area contributed by atoms with Crippen molar-refractivity contribution in [1.82, 2.24) is 59.0 Å². The number of aromatic nitrogens is 12. The minimum Gasteiger partial charge on any atom is -0.468 e. The number of hydrogen-bond acceptors (Lipinski definition) is 25. The summed E-state index contributed by atoms with van der Waals surface area (Å²) in [4.78, 5) is 95.2. The summed E-state index contributed by atoms with van der Waals surface area (Å²) in [5, 5.41) is 13.6. The Morgan fingerprint density at radius 2 is 0.862 bits per heavy atom. The van der Waals surface area contributed by atoms with Crippen molar-refractivity contribution in [3.8, 4) is 11.9 Å². The van der Waals surface area contributed by atoms with Crippen LogP contribution in [0.2, 0.25) is 15.7 Å². The summed E-state index contributed by atoms with van der Waals surface area (Å²) in [6.07, 6.45) is 5.31. The molecule has 19 rings (SSSR count). The van der Waals surface area contributed by atoms with Crippen molar-refractivity contribution in [2.45, 2.75) is 151 Å². The number of nitrogens with zero attached hydrogens (tertiary/aromatic N) is 10. The van der Waals surface area contributed by atoms with Gasteiger partial charge in [-0.3, -0.25) is 33.3 Å². The lowest BCUT2D eigenvalue weighted by Gasteiger charge is -2.21. The first-order chi connectivity index (χ1) is 59.9. The number of rotatable bonds is 14. The number of halogens is 3. The Labute approximate surface area is 727 Å². The molecule has 7 N–H and O–H groups in total. The Balaban J connectivity index is 0.000000138. The maximum absolute atomic E-state index is 11.1. The maximum Gasteiger partial charge on any atom is 0.325 e. The summed E-state index contributed by atoms with van der Waals surface area (Å²) in [5.74, 6) is 3.30. The minimum atomic E-state index is -0.686. The molecule has 7 aliphatic heterocycles. The topological polar surface area (TPSA) is 366 Å². The number of benzene rings is 5. The zero-order chi connectivity index (χ0) is 86.6. The number of carbonyl (C=O) groups is 3. The molecule has 29 nitrogen and oxygen atoms in total. The molecule has 0 aliphatic carbocycles. The van der Waals surface area contributed by atoms with Gasteiger partial charge in [0.15, 0.2) is 5.78 Å². The van der Waals surface area contributed by atoms with Crippen LogP contribution in [0.1, 0.15) is 150 Å². The lowest BCUT2D eigenvalue weighted by atomic mass is 10.0. The van der Waals surface area contributed by atoms with Crippen LogP contribution in [-0.2, 0) is 137 Å². The molecule has 7 aromatic heterocycles. The zero-order valence-corrected chi connectivity index (χ0v) is 72.1. The second-order valence-corrected chi connectivity index (χ2v) is 30.4. The SMILES string of the molecule is CC.CC(C)c1cc2ccccc2n1-c1nc2c(c(NCc3ccccc3)n1)COCC2.CC(N)c1cc2ccccc2n1-c1nc2c(c(NCc3ccccc3)n1)COCC2.COC(=O)C1COCCC1=O.Clc1nc(Cl)c2c(n1)CCOC2.Clc1nc2c(c(NCc3ccccc3)n1)COCC2.O=C1CCOCC1.O=c1[nH]c2c(c(=O)[nH]1)COCC2. The number of nitrogens with one attached hydrogen (secondary N) is 5. The molecule has 123 heavy (non-hydrogen) atoms. The van der Waals surface area contributed by atoms with Crippen molar-refractivity contribution >= 4 is 91.6 Å². The van der Waals surface area contributed by atoms with E-state index in [1.165, 1.54) is 34.9 Å². The van der Waals surface area contributed by atoms with Crippen molar-refractivity contribution in [2.75, 3.05) is 82.5 Å². The maximum atomic E-state index is 11.1. The van der Waals surface area contributed by atoms with Gasteiger partial charge >= 0.3 is 11.7 Å². The Kier molecular flexibility index (Phi) is 34.0. The van der Waals surface area contributed by atoms with Crippen LogP contribution < -0.4 is 32.9 Å². The van der Waals surface area contributed by atoms with Crippen LogP contribution in [0.15, 0.2) is 161 Å². The summed E-state index contributed by atoms with van der Waals surface area (Å²) in [5.41, 5.74) is 22.8. The molecular weight excluding hydrogens is 1630 g/mol. The number of methoxy groups -OCH3 is 1. The van der Waals surface area contributed by atoms with E-state index in [0.717, 1.165) is 116 Å². The van der Waals surface area contributed by atoms with Gasteiger partial charge in [-0.2, -0.15) is 9.97 Å². The molecule has 32 heteroatoms. The van der Waals surface area contributed by atoms with Gasteiger partial charge in [-0.05, 0) is 77.0 Å². The molecule has 5 aromatic carbocycles. The largest absolute Gasteiger partial charge is 0.468 e. The number of carbonyl (C=O) groups excluding carboxylic acids is 3. The Hall–Kier alpha value is -11.1. The van der Waals surface area contributed by atoms with E-state index in [1.807, 2.05) is 75.4 Å². The number of anilines is 3. The average Bonchev–Trinajstić information content (AvgIpc) is 1.68. The van der Waals surface area contributed by atoms with Crippen LogP contribution in [-0.4, -0.2) is 143 Å². The number of ketones is 2. The van der Waals surface area contributed by atoms with Crippen LogP contribution >= 0.6 is 34.8 Å². The van der Waals surface area contributed by atoms with Gasteiger partial charge in [0.25, 0.3) is 5.56 Å². The fraction of sp³-hybridized carbons (Fsp3) is 0.374. The molecule has 12 aromatic rings. The molecule has 2 unspecified atom stereocenters. The molecule has 7 aliphatic rings. The highest BCUT2D eigenvalue weighted by Crippen LogP contribution is 2.34. The van der Waals surface area contributed by atoms with Gasteiger partial charge in [-0.1, -0.05) is 167 Å².